The van der Waals surface area contributed by atoms with E-state index in [4.69, 9.17) is 4.74 Å². The van der Waals surface area contributed by atoms with Crippen LogP contribution in [0.25, 0.3) is 6.08 Å². The van der Waals surface area contributed by atoms with Crippen molar-refractivity contribution in [2.75, 3.05) is 4.90 Å². The Morgan fingerprint density at radius 2 is 1.71 bits per heavy atom. The minimum atomic E-state index is -0.850. The zero-order valence-electron chi connectivity index (χ0n) is 18.6. The number of nitrogens with one attached hydrogen (secondary N) is 1. The van der Waals surface area contributed by atoms with Crippen molar-refractivity contribution < 1.29 is 23.9 Å². The van der Waals surface area contributed by atoms with Crippen LogP contribution >= 0.6 is 31.9 Å². The molecule has 0 bridgehead atoms. The quantitative estimate of drug-likeness (QED) is 0.180. The molecule has 0 aliphatic carbocycles. The number of para-hydroxylation sites is 1. The van der Waals surface area contributed by atoms with Crippen LogP contribution in [0, 0.1) is 13.8 Å². The first-order valence-corrected chi connectivity index (χ1v) is 12.0. The van der Waals surface area contributed by atoms with E-state index in [1.165, 1.54) is 6.08 Å². The third-order valence-electron chi connectivity index (χ3n) is 5.24. The highest BCUT2D eigenvalue weighted by Gasteiger charge is 2.37. The van der Waals surface area contributed by atoms with E-state index in [-0.39, 0.29) is 16.9 Å². The molecule has 3 aromatic carbocycles. The Labute approximate surface area is 218 Å². The predicted molar refractivity (Wildman–Crippen MR) is 138 cm³/mol. The van der Waals surface area contributed by atoms with Gasteiger partial charge in [0.1, 0.15) is 5.57 Å². The van der Waals surface area contributed by atoms with Crippen LogP contribution in [0.15, 0.2) is 75.2 Å². The minimum absolute atomic E-state index is 0.118. The van der Waals surface area contributed by atoms with E-state index in [1.54, 1.807) is 61.5 Å². The highest BCUT2D eigenvalue weighted by atomic mass is 79.9. The van der Waals surface area contributed by atoms with Gasteiger partial charge in [0.05, 0.1) is 15.7 Å². The van der Waals surface area contributed by atoms with Crippen LogP contribution in [0.3, 0.4) is 0 Å². The lowest BCUT2D eigenvalue weighted by Gasteiger charge is -2.27. The molecule has 9 heteroatoms. The predicted octanol–water partition coefficient (Wildman–Crippen LogP) is 5.71. The first kappa shape index (κ1) is 24.6. The summed E-state index contributed by atoms with van der Waals surface area (Å²) in [5.41, 5.74) is 2.27. The zero-order chi connectivity index (χ0) is 25.3. The van der Waals surface area contributed by atoms with Crippen molar-refractivity contribution in [2.24, 2.45) is 0 Å². The van der Waals surface area contributed by atoms with Gasteiger partial charge in [-0.2, -0.15) is 0 Å². The van der Waals surface area contributed by atoms with Gasteiger partial charge < -0.3 is 4.74 Å². The lowest BCUT2D eigenvalue weighted by molar-refractivity contribution is -0.122. The Morgan fingerprint density at radius 1 is 0.971 bits per heavy atom. The Bertz CT molecular complexity index is 1430. The molecule has 0 radical (unpaired) electrons. The summed E-state index contributed by atoms with van der Waals surface area (Å²) < 4.78 is 6.70. The SMILES string of the molecule is Cc1cccc(C(=O)Oc2c(Br)cc(Br)cc2/C=C2/C(=O)NC(=O)N(c3ccccc3C)C2=O)c1. The van der Waals surface area contributed by atoms with E-state index < -0.39 is 23.8 Å². The third-order valence-corrected chi connectivity index (χ3v) is 6.29. The van der Waals surface area contributed by atoms with Gasteiger partial charge in [0.25, 0.3) is 11.8 Å². The first-order chi connectivity index (χ1) is 16.7. The molecule has 1 N–H and O–H groups in total. The summed E-state index contributed by atoms with van der Waals surface area (Å²) >= 11 is 6.77. The molecule has 1 aliphatic rings. The summed E-state index contributed by atoms with van der Waals surface area (Å²) in [7, 11) is 0. The van der Waals surface area contributed by atoms with Crippen LogP contribution in [0.5, 0.6) is 5.75 Å². The lowest BCUT2D eigenvalue weighted by Crippen LogP contribution is -2.54. The standard InChI is InChI=1S/C26H18Br2N2O5/c1-14-6-5-8-16(10-14)25(33)35-22-17(11-18(27)13-20(22)28)12-19-23(31)29-26(34)30(24(19)32)21-9-4-3-7-15(21)2/h3-13H,1-2H3,(H,29,31,34)/b19-12-. The fourth-order valence-corrected chi connectivity index (χ4v) is 4.90. The van der Waals surface area contributed by atoms with Crippen LogP contribution < -0.4 is 15.0 Å². The molecule has 176 valence electrons. The maximum atomic E-state index is 13.3. The normalized spacial score (nSPS) is 14.8. The molecule has 0 saturated carbocycles. The third kappa shape index (κ3) is 5.11. The van der Waals surface area contributed by atoms with Gasteiger partial charge in [-0.15, -0.1) is 0 Å². The fourth-order valence-electron chi connectivity index (χ4n) is 3.56. The van der Waals surface area contributed by atoms with E-state index in [2.05, 4.69) is 37.2 Å². The molecule has 1 aliphatic heterocycles. The van der Waals surface area contributed by atoms with Crippen LogP contribution in [0.1, 0.15) is 27.0 Å². The van der Waals surface area contributed by atoms with Gasteiger partial charge in [0.15, 0.2) is 5.75 Å². The molecule has 1 heterocycles. The first-order valence-electron chi connectivity index (χ1n) is 10.4. The number of halogens is 2. The molecule has 1 saturated heterocycles. The largest absolute Gasteiger partial charge is 0.421 e. The van der Waals surface area contributed by atoms with Crippen LogP contribution in [-0.4, -0.2) is 23.8 Å². The average molecular weight is 598 g/mol. The highest BCUT2D eigenvalue weighted by Crippen LogP contribution is 2.36. The maximum absolute atomic E-state index is 13.3. The van der Waals surface area contributed by atoms with Gasteiger partial charge in [-0.25, -0.2) is 14.5 Å². The summed E-state index contributed by atoms with van der Waals surface area (Å²) in [6.07, 6.45) is 1.30. The van der Waals surface area contributed by atoms with Crippen molar-refractivity contribution in [1.29, 1.82) is 0 Å². The van der Waals surface area contributed by atoms with Crippen molar-refractivity contribution in [2.45, 2.75) is 13.8 Å². The second-order valence-corrected chi connectivity index (χ2v) is 9.58. The molecule has 0 unspecified atom stereocenters. The monoisotopic (exact) mass is 596 g/mol. The number of hydrogen-bond acceptors (Lipinski definition) is 5. The number of barbiturate groups is 1. The van der Waals surface area contributed by atoms with Crippen molar-refractivity contribution in [3.63, 3.8) is 0 Å². The molecular formula is C26H18Br2N2O5. The van der Waals surface area contributed by atoms with Crippen molar-refractivity contribution >= 4 is 67.4 Å². The fraction of sp³-hybridized carbons (Fsp3) is 0.0769. The number of ether oxygens (including phenoxy) is 1. The van der Waals surface area contributed by atoms with E-state index in [0.29, 0.717) is 25.8 Å². The highest BCUT2D eigenvalue weighted by molar-refractivity contribution is 9.11. The van der Waals surface area contributed by atoms with Gasteiger partial charge in [-0.1, -0.05) is 51.8 Å². The number of nitrogens with zero attached hydrogens (tertiary/aromatic N) is 1. The average Bonchev–Trinajstić information content (AvgIpc) is 2.79. The smallest absolute Gasteiger partial charge is 0.343 e. The summed E-state index contributed by atoms with van der Waals surface area (Å²) in [6.45, 7) is 3.61. The number of amides is 4. The van der Waals surface area contributed by atoms with Crippen LogP contribution in [-0.2, 0) is 9.59 Å². The van der Waals surface area contributed by atoms with Gasteiger partial charge in [0, 0.05) is 10.0 Å². The molecule has 0 aromatic heterocycles. The molecule has 0 spiro atoms. The van der Waals surface area contributed by atoms with Crippen LogP contribution in [0.2, 0.25) is 0 Å². The van der Waals surface area contributed by atoms with E-state index in [9.17, 15) is 19.2 Å². The number of rotatable bonds is 4. The molecular weight excluding hydrogens is 580 g/mol. The van der Waals surface area contributed by atoms with E-state index in [0.717, 1.165) is 10.5 Å². The number of carbonyl (C=O) groups is 4. The van der Waals surface area contributed by atoms with Crippen molar-refractivity contribution in [1.82, 2.24) is 5.32 Å². The van der Waals surface area contributed by atoms with Gasteiger partial charge >= 0.3 is 12.0 Å². The molecule has 3 aromatic rings. The number of urea groups is 1. The Kier molecular flexibility index (Phi) is 7.00. The topological polar surface area (TPSA) is 92.8 Å². The zero-order valence-corrected chi connectivity index (χ0v) is 21.8. The second kappa shape index (κ2) is 9.97. The molecule has 1 fully saturated rings. The van der Waals surface area contributed by atoms with Gasteiger partial charge in [-0.05, 0) is 71.7 Å². The molecule has 7 nitrogen and oxygen atoms in total. The number of esters is 1. The minimum Gasteiger partial charge on any atom is -0.421 e. The summed E-state index contributed by atoms with van der Waals surface area (Å²) in [5, 5.41) is 2.21. The number of aryl methyl sites for hydroxylation is 2. The summed E-state index contributed by atoms with van der Waals surface area (Å²) in [4.78, 5) is 52.2. The van der Waals surface area contributed by atoms with Gasteiger partial charge in [0.2, 0.25) is 0 Å². The second-order valence-electron chi connectivity index (χ2n) is 7.81. The van der Waals surface area contributed by atoms with Gasteiger partial charge in [-0.3, -0.25) is 14.9 Å². The number of carbonyl (C=O) groups excluding carboxylic acids is 4. The van der Waals surface area contributed by atoms with E-state index in [1.807, 2.05) is 13.0 Å². The Morgan fingerprint density at radius 3 is 2.43 bits per heavy atom. The van der Waals surface area contributed by atoms with E-state index >= 15 is 0 Å². The van der Waals surface area contributed by atoms with Crippen molar-refractivity contribution in [3.8, 4) is 5.75 Å². The molecule has 4 amide bonds. The number of imide groups is 2. The van der Waals surface area contributed by atoms with Crippen molar-refractivity contribution in [3.05, 3.63) is 97.4 Å². The number of anilines is 1. The Hall–Kier alpha value is -3.56. The Balaban J connectivity index is 1.77. The molecule has 4 rings (SSSR count). The summed E-state index contributed by atoms with van der Waals surface area (Å²) in [6, 6.07) is 16.2. The number of benzene rings is 3. The van der Waals surface area contributed by atoms with Crippen LogP contribution in [0.4, 0.5) is 10.5 Å². The lowest BCUT2D eigenvalue weighted by atomic mass is 10.0. The maximum Gasteiger partial charge on any atom is 0.343 e. The summed E-state index contributed by atoms with van der Waals surface area (Å²) in [5.74, 6) is -2.13. The number of hydrogen-bond donors (Lipinski definition) is 1. The molecule has 0 atom stereocenters. The molecule has 35 heavy (non-hydrogen) atoms.